The highest BCUT2D eigenvalue weighted by molar-refractivity contribution is 8.01. The second kappa shape index (κ2) is 9.95. The Bertz CT molecular complexity index is 1080. The van der Waals surface area contributed by atoms with Crippen LogP contribution in [0.25, 0.3) is 11.4 Å². The SMILES string of the molecule is CC(SCC(=O)Nc1ccc(F)cc1)C(=O)Nc1ccc(-c2noc(C(C)(C)C)n2)cc1. The number of benzene rings is 2. The molecule has 0 aliphatic carbocycles. The van der Waals surface area contributed by atoms with Gasteiger partial charge in [0, 0.05) is 22.4 Å². The molecule has 1 unspecified atom stereocenters. The summed E-state index contributed by atoms with van der Waals surface area (Å²) in [5.74, 6) is 0.289. The van der Waals surface area contributed by atoms with Crippen LogP contribution in [0.1, 0.15) is 33.6 Å². The van der Waals surface area contributed by atoms with Crippen LogP contribution in [0.15, 0.2) is 53.1 Å². The number of hydrogen-bond donors (Lipinski definition) is 2. The fourth-order valence-corrected chi connectivity index (χ4v) is 3.28. The van der Waals surface area contributed by atoms with Crippen molar-refractivity contribution >= 4 is 35.0 Å². The number of nitrogens with one attached hydrogen (secondary N) is 2. The van der Waals surface area contributed by atoms with E-state index in [2.05, 4.69) is 20.8 Å². The van der Waals surface area contributed by atoms with Gasteiger partial charge in [-0.2, -0.15) is 4.98 Å². The van der Waals surface area contributed by atoms with E-state index in [-0.39, 0.29) is 28.8 Å². The zero-order valence-electron chi connectivity index (χ0n) is 18.3. The molecule has 168 valence electrons. The number of thioether (sulfide) groups is 1. The van der Waals surface area contributed by atoms with Crippen molar-refractivity contribution in [2.45, 2.75) is 38.4 Å². The van der Waals surface area contributed by atoms with Gasteiger partial charge in [0.2, 0.25) is 23.5 Å². The molecule has 3 aromatic rings. The molecule has 9 heteroatoms. The van der Waals surface area contributed by atoms with E-state index < -0.39 is 5.25 Å². The number of halogens is 1. The molecule has 1 heterocycles. The van der Waals surface area contributed by atoms with Gasteiger partial charge in [-0.15, -0.1) is 11.8 Å². The van der Waals surface area contributed by atoms with Crippen LogP contribution in [0, 0.1) is 5.82 Å². The average molecular weight is 457 g/mol. The van der Waals surface area contributed by atoms with Crippen LogP contribution < -0.4 is 10.6 Å². The number of amides is 2. The summed E-state index contributed by atoms with van der Waals surface area (Å²) in [6.07, 6.45) is 0. The number of carbonyl (C=O) groups excluding carboxylic acids is 2. The second-order valence-electron chi connectivity index (χ2n) is 8.25. The monoisotopic (exact) mass is 456 g/mol. The number of nitrogens with zero attached hydrogens (tertiary/aromatic N) is 2. The van der Waals surface area contributed by atoms with Crippen molar-refractivity contribution in [2.24, 2.45) is 0 Å². The Hall–Kier alpha value is -3.20. The predicted octanol–water partition coefficient (Wildman–Crippen LogP) is 4.87. The summed E-state index contributed by atoms with van der Waals surface area (Å²) in [4.78, 5) is 28.9. The van der Waals surface area contributed by atoms with Crippen LogP contribution >= 0.6 is 11.8 Å². The predicted molar refractivity (Wildman–Crippen MR) is 124 cm³/mol. The summed E-state index contributed by atoms with van der Waals surface area (Å²) >= 11 is 1.21. The van der Waals surface area contributed by atoms with E-state index in [9.17, 15) is 14.0 Å². The zero-order valence-corrected chi connectivity index (χ0v) is 19.1. The second-order valence-corrected chi connectivity index (χ2v) is 9.58. The lowest BCUT2D eigenvalue weighted by molar-refractivity contribution is -0.115. The molecule has 0 aliphatic rings. The topological polar surface area (TPSA) is 97.1 Å². The first kappa shape index (κ1) is 23.5. The smallest absolute Gasteiger partial charge is 0.237 e. The summed E-state index contributed by atoms with van der Waals surface area (Å²) in [6.45, 7) is 7.71. The van der Waals surface area contributed by atoms with Crippen LogP contribution in [-0.4, -0.2) is 33.0 Å². The van der Waals surface area contributed by atoms with Crippen LogP contribution in [-0.2, 0) is 15.0 Å². The maximum atomic E-state index is 12.9. The van der Waals surface area contributed by atoms with Gasteiger partial charge in [-0.1, -0.05) is 25.9 Å². The Morgan fingerprint density at radius 1 is 1.03 bits per heavy atom. The minimum atomic E-state index is -0.444. The summed E-state index contributed by atoms with van der Waals surface area (Å²) in [5.41, 5.74) is 1.68. The molecule has 0 saturated carbocycles. The first-order valence-electron chi connectivity index (χ1n) is 10.0. The first-order valence-corrected chi connectivity index (χ1v) is 11.1. The van der Waals surface area contributed by atoms with Gasteiger partial charge in [-0.05, 0) is 55.5 Å². The quantitative estimate of drug-likeness (QED) is 0.526. The Morgan fingerprint density at radius 2 is 1.62 bits per heavy atom. The molecule has 2 amide bonds. The van der Waals surface area contributed by atoms with E-state index in [0.29, 0.717) is 23.1 Å². The molecule has 3 rings (SSSR count). The maximum Gasteiger partial charge on any atom is 0.237 e. The van der Waals surface area contributed by atoms with Crippen molar-refractivity contribution in [3.05, 3.63) is 60.2 Å². The van der Waals surface area contributed by atoms with E-state index in [0.717, 1.165) is 5.56 Å². The summed E-state index contributed by atoms with van der Waals surface area (Å²) in [6, 6.07) is 12.6. The normalized spacial score (nSPS) is 12.3. The molecule has 1 aromatic heterocycles. The van der Waals surface area contributed by atoms with Crippen molar-refractivity contribution < 1.29 is 18.5 Å². The van der Waals surface area contributed by atoms with E-state index in [1.54, 1.807) is 31.2 Å². The van der Waals surface area contributed by atoms with Gasteiger partial charge in [0.15, 0.2) is 0 Å². The number of rotatable bonds is 7. The Kier molecular flexibility index (Phi) is 7.29. The fraction of sp³-hybridized carbons (Fsp3) is 0.304. The lowest BCUT2D eigenvalue weighted by Gasteiger charge is -2.12. The molecule has 32 heavy (non-hydrogen) atoms. The van der Waals surface area contributed by atoms with Gasteiger partial charge in [0.1, 0.15) is 5.82 Å². The lowest BCUT2D eigenvalue weighted by Crippen LogP contribution is -2.25. The van der Waals surface area contributed by atoms with Crippen molar-refractivity contribution in [3.8, 4) is 11.4 Å². The molecular weight excluding hydrogens is 431 g/mol. The molecule has 0 spiro atoms. The minimum Gasteiger partial charge on any atom is -0.338 e. The molecule has 0 bridgehead atoms. The number of anilines is 2. The maximum absolute atomic E-state index is 12.9. The molecule has 2 aromatic carbocycles. The zero-order chi connectivity index (χ0) is 23.3. The van der Waals surface area contributed by atoms with Crippen LogP contribution in [0.2, 0.25) is 0 Å². The Labute approximate surface area is 190 Å². The van der Waals surface area contributed by atoms with Gasteiger partial charge in [-0.3, -0.25) is 9.59 Å². The van der Waals surface area contributed by atoms with Gasteiger partial charge in [0.25, 0.3) is 0 Å². The van der Waals surface area contributed by atoms with Crippen LogP contribution in [0.5, 0.6) is 0 Å². The molecule has 1 atom stereocenters. The molecule has 0 aliphatic heterocycles. The largest absolute Gasteiger partial charge is 0.338 e. The van der Waals surface area contributed by atoms with Gasteiger partial charge in [-0.25, -0.2) is 4.39 Å². The Balaban J connectivity index is 1.49. The highest BCUT2D eigenvalue weighted by atomic mass is 32.2. The average Bonchev–Trinajstić information content (AvgIpc) is 3.25. The number of carbonyl (C=O) groups is 2. The van der Waals surface area contributed by atoms with Crippen LogP contribution in [0.4, 0.5) is 15.8 Å². The van der Waals surface area contributed by atoms with Crippen molar-refractivity contribution in [1.29, 1.82) is 0 Å². The Morgan fingerprint density at radius 3 is 2.22 bits per heavy atom. The van der Waals surface area contributed by atoms with E-state index in [1.807, 2.05) is 20.8 Å². The molecule has 0 saturated heterocycles. The highest BCUT2D eigenvalue weighted by Gasteiger charge is 2.22. The summed E-state index contributed by atoms with van der Waals surface area (Å²) in [7, 11) is 0. The molecule has 0 fully saturated rings. The van der Waals surface area contributed by atoms with Gasteiger partial charge >= 0.3 is 0 Å². The number of aromatic nitrogens is 2. The van der Waals surface area contributed by atoms with E-state index in [4.69, 9.17) is 4.52 Å². The number of hydrogen-bond acceptors (Lipinski definition) is 6. The minimum absolute atomic E-state index is 0.0961. The third-order valence-electron chi connectivity index (χ3n) is 4.44. The molecule has 7 nitrogen and oxygen atoms in total. The standard InChI is InChI=1S/C23H25FN4O3S/c1-14(32-13-19(29)25-17-11-7-16(24)8-12-17)21(30)26-18-9-5-15(6-10-18)20-27-22(31-28-20)23(2,3)4/h5-12,14H,13H2,1-4H3,(H,25,29)(H,26,30). The van der Waals surface area contributed by atoms with E-state index in [1.165, 1.54) is 36.0 Å². The highest BCUT2D eigenvalue weighted by Crippen LogP contribution is 2.25. The van der Waals surface area contributed by atoms with Crippen LogP contribution in [0.3, 0.4) is 0 Å². The van der Waals surface area contributed by atoms with E-state index >= 15 is 0 Å². The van der Waals surface area contributed by atoms with Gasteiger partial charge < -0.3 is 15.2 Å². The third kappa shape index (κ3) is 6.40. The summed E-state index contributed by atoms with van der Waals surface area (Å²) < 4.78 is 18.2. The molecule has 2 N–H and O–H groups in total. The van der Waals surface area contributed by atoms with Crippen molar-refractivity contribution in [3.63, 3.8) is 0 Å². The van der Waals surface area contributed by atoms with Crippen molar-refractivity contribution in [1.82, 2.24) is 10.1 Å². The lowest BCUT2D eigenvalue weighted by atomic mass is 9.97. The summed E-state index contributed by atoms with van der Waals surface area (Å²) in [5, 5.41) is 9.07. The first-order chi connectivity index (χ1) is 15.1. The molecule has 0 radical (unpaired) electrons. The fourth-order valence-electron chi connectivity index (χ4n) is 2.60. The molecular formula is C23H25FN4O3S. The van der Waals surface area contributed by atoms with Crippen molar-refractivity contribution in [2.75, 3.05) is 16.4 Å². The third-order valence-corrected chi connectivity index (χ3v) is 5.58. The van der Waals surface area contributed by atoms with Gasteiger partial charge in [0.05, 0.1) is 11.0 Å².